The van der Waals surface area contributed by atoms with E-state index in [1.165, 1.54) is 90.0 Å². The topological polar surface area (TPSA) is 0 Å². The molecule has 1 aliphatic heterocycles. The highest BCUT2D eigenvalue weighted by Crippen LogP contribution is 2.16. The van der Waals surface area contributed by atoms with Crippen LogP contribution in [-0.4, -0.2) is 18.1 Å². The van der Waals surface area contributed by atoms with Crippen molar-refractivity contribution in [3.63, 3.8) is 0 Å². The van der Waals surface area contributed by atoms with Gasteiger partial charge in [0.15, 0.2) is 0 Å². The lowest BCUT2D eigenvalue weighted by molar-refractivity contribution is -0.804. The van der Waals surface area contributed by atoms with E-state index in [2.05, 4.69) is 38.5 Å². The molecule has 0 unspecified atom stereocenters. The van der Waals surface area contributed by atoms with Gasteiger partial charge in [-0.15, -0.1) is 0 Å². The van der Waals surface area contributed by atoms with Crippen LogP contribution in [0, 0.1) is 0 Å². The van der Waals surface area contributed by atoms with Crippen LogP contribution in [0.25, 0.3) is 0 Å². The van der Waals surface area contributed by atoms with Gasteiger partial charge in [-0.05, 0) is 25.0 Å². The maximum absolute atomic E-state index is 2.29. The van der Waals surface area contributed by atoms with E-state index >= 15 is 0 Å². The number of quaternary nitrogens is 1. The summed E-state index contributed by atoms with van der Waals surface area (Å²) in [6.07, 6.45) is 27.6. The average molecular weight is 293 g/mol. The Labute approximate surface area is 133 Å². The average Bonchev–Trinajstić information content (AvgIpc) is 2.91. The summed E-state index contributed by atoms with van der Waals surface area (Å²) >= 11 is 0. The third-order valence-electron chi connectivity index (χ3n) is 4.71. The highest BCUT2D eigenvalue weighted by Gasteiger charge is 2.16. The lowest BCUT2D eigenvalue weighted by Crippen LogP contribution is -2.31. The molecule has 0 atom stereocenters. The Morgan fingerprint density at radius 1 is 0.571 bits per heavy atom. The maximum atomic E-state index is 2.29. The van der Waals surface area contributed by atoms with Crippen LogP contribution in [0.1, 0.15) is 90.4 Å². The molecular weight excluding hydrogens is 254 g/mol. The van der Waals surface area contributed by atoms with Crippen molar-refractivity contribution in [3.8, 4) is 0 Å². The van der Waals surface area contributed by atoms with Crippen molar-refractivity contribution in [2.45, 2.75) is 90.4 Å². The Morgan fingerprint density at radius 3 is 1.38 bits per heavy atom. The van der Waals surface area contributed by atoms with Gasteiger partial charge in [0.2, 0.25) is 0 Å². The van der Waals surface area contributed by atoms with Gasteiger partial charge in [0.05, 0.1) is 13.6 Å². The Morgan fingerprint density at radius 2 is 0.952 bits per heavy atom. The van der Waals surface area contributed by atoms with Gasteiger partial charge in [-0.3, -0.25) is 4.48 Å². The summed E-state index contributed by atoms with van der Waals surface area (Å²) in [5, 5.41) is 0. The van der Waals surface area contributed by atoms with E-state index in [0.717, 1.165) is 4.48 Å². The van der Waals surface area contributed by atoms with Gasteiger partial charge in [-0.1, -0.05) is 77.6 Å². The van der Waals surface area contributed by atoms with Crippen molar-refractivity contribution >= 4 is 0 Å². The van der Waals surface area contributed by atoms with Crippen LogP contribution in [0.4, 0.5) is 0 Å². The van der Waals surface area contributed by atoms with Crippen LogP contribution in [0.5, 0.6) is 0 Å². The summed E-state index contributed by atoms with van der Waals surface area (Å²) in [6, 6.07) is 0. The molecule has 0 saturated heterocycles. The van der Waals surface area contributed by atoms with Crippen molar-refractivity contribution < 1.29 is 4.48 Å². The van der Waals surface area contributed by atoms with Crippen molar-refractivity contribution in [2.75, 3.05) is 13.6 Å². The molecule has 0 aliphatic carbocycles. The lowest BCUT2D eigenvalue weighted by Gasteiger charge is -2.22. The number of allylic oxidation sites excluding steroid dienone is 2. The molecule has 1 aliphatic rings. The third kappa shape index (κ3) is 9.90. The van der Waals surface area contributed by atoms with E-state index in [9.17, 15) is 0 Å². The minimum absolute atomic E-state index is 1.01. The zero-order chi connectivity index (χ0) is 15.2. The number of rotatable bonds is 14. The molecule has 1 rings (SSSR count). The smallest absolute Gasteiger partial charge is 0.100 e. The lowest BCUT2D eigenvalue weighted by atomic mass is 10.0. The van der Waals surface area contributed by atoms with Crippen LogP contribution in [0.15, 0.2) is 24.6 Å². The molecule has 0 spiro atoms. The summed E-state index contributed by atoms with van der Waals surface area (Å²) in [5.74, 6) is 0. The highest BCUT2D eigenvalue weighted by atomic mass is 15.3. The first-order valence-electron chi connectivity index (χ1n) is 9.49. The van der Waals surface area contributed by atoms with E-state index in [1.807, 2.05) is 0 Å². The highest BCUT2D eigenvalue weighted by molar-refractivity contribution is 5.03. The van der Waals surface area contributed by atoms with E-state index < -0.39 is 0 Å². The van der Waals surface area contributed by atoms with Crippen molar-refractivity contribution in [2.24, 2.45) is 0 Å². The van der Waals surface area contributed by atoms with Gasteiger partial charge in [0, 0.05) is 0 Å². The summed E-state index contributed by atoms with van der Waals surface area (Å²) in [7, 11) is 2.29. The fourth-order valence-electron chi connectivity index (χ4n) is 3.16. The third-order valence-corrected chi connectivity index (χ3v) is 4.71. The molecule has 122 valence electrons. The predicted octanol–water partition coefficient (Wildman–Crippen LogP) is 6.57. The monoisotopic (exact) mass is 292 g/mol. The van der Waals surface area contributed by atoms with Gasteiger partial charge in [0.25, 0.3) is 0 Å². The normalized spacial score (nSPS) is 15.9. The molecule has 1 heterocycles. The minimum atomic E-state index is 1.01. The molecule has 0 amide bonds. The van der Waals surface area contributed by atoms with Crippen LogP contribution in [-0.2, 0) is 0 Å². The first-order valence-corrected chi connectivity index (χ1v) is 9.49. The molecule has 0 bridgehead atoms. The summed E-state index contributed by atoms with van der Waals surface area (Å²) < 4.78 is 1.01. The van der Waals surface area contributed by atoms with Crippen molar-refractivity contribution in [1.82, 2.24) is 0 Å². The van der Waals surface area contributed by atoms with Gasteiger partial charge < -0.3 is 0 Å². The molecule has 1 nitrogen and oxygen atoms in total. The first kappa shape index (κ1) is 18.5. The maximum Gasteiger partial charge on any atom is 0.100 e. The molecule has 0 fully saturated rings. The van der Waals surface area contributed by atoms with Crippen molar-refractivity contribution in [1.29, 1.82) is 0 Å². The minimum Gasteiger partial charge on any atom is -0.273 e. The van der Waals surface area contributed by atoms with Crippen molar-refractivity contribution in [3.05, 3.63) is 24.6 Å². The molecule has 0 saturated carbocycles. The van der Waals surface area contributed by atoms with E-state index in [0.29, 0.717) is 0 Å². The van der Waals surface area contributed by atoms with E-state index in [4.69, 9.17) is 0 Å². The Kier molecular flexibility index (Phi) is 10.6. The predicted molar refractivity (Wildman–Crippen MR) is 95.0 cm³/mol. The molecule has 0 N–H and O–H groups in total. The number of hydrogen-bond donors (Lipinski definition) is 0. The fraction of sp³-hybridized carbons (Fsp3) is 0.800. The molecule has 21 heavy (non-hydrogen) atoms. The molecular formula is C20H38N+. The summed E-state index contributed by atoms with van der Waals surface area (Å²) in [5.41, 5.74) is 0. The second-order valence-electron chi connectivity index (χ2n) is 7.00. The molecule has 0 aromatic carbocycles. The number of unbranched alkanes of at least 4 members (excludes halogenated alkanes) is 12. The zero-order valence-electron chi connectivity index (χ0n) is 14.7. The second kappa shape index (κ2) is 12.0. The first-order chi connectivity index (χ1) is 10.3. The van der Waals surface area contributed by atoms with E-state index in [1.54, 1.807) is 0 Å². The standard InChI is InChI=1S/C20H38N/c1-3-4-5-6-7-8-9-10-11-12-13-14-15-18-21(2)19-16-17-20-21/h16-17,19-20H,3-15,18H2,1-2H3/q+1. The fourth-order valence-corrected chi connectivity index (χ4v) is 3.16. The SMILES string of the molecule is CCCCCCCCCCCCCCC[N+]1(C)C=CC=C1. The summed E-state index contributed by atoms with van der Waals surface area (Å²) in [6.45, 7) is 3.56. The van der Waals surface area contributed by atoms with Crippen LogP contribution in [0.3, 0.4) is 0 Å². The molecule has 1 heteroatoms. The zero-order valence-corrected chi connectivity index (χ0v) is 14.7. The Balaban J connectivity index is 1.75. The Bertz CT molecular complexity index is 278. The van der Waals surface area contributed by atoms with Gasteiger partial charge >= 0.3 is 0 Å². The molecule has 0 aromatic heterocycles. The largest absolute Gasteiger partial charge is 0.273 e. The van der Waals surface area contributed by atoms with Gasteiger partial charge in [-0.25, -0.2) is 0 Å². The molecule has 0 radical (unpaired) electrons. The summed E-state index contributed by atoms with van der Waals surface area (Å²) in [4.78, 5) is 0. The Hall–Kier alpha value is -0.560. The van der Waals surface area contributed by atoms with Crippen LogP contribution >= 0.6 is 0 Å². The molecule has 0 aromatic rings. The van der Waals surface area contributed by atoms with Crippen LogP contribution < -0.4 is 0 Å². The number of nitrogens with zero attached hydrogens (tertiary/aromatic N) is 1. The second-order valence-corrected chi connectivity index (χ2v) is 7.00. The van der Waals surface area contributed by atoms with Gasteiger partial charge in [-0.2, -0.15) is 0 Å². The van der Waals surface area contributed by atoms with Gasteiger partial charge in [0.1, 0.15) is 12.4 Å². The van der Waals surface area contributed by atoms with Crippen LogP contribution in [0.2, 0.25) is 0 Å². The number of hydrogen-bond acceptors (Lipinski definition) is 0. The quantitative estimate of drug-likeness (QED) is 0.251. The van der Waals surface area contributed by atoms with E-state index in [-0.39, 0.29) is 0 Å².